The molecule has 1 atom stereocenters. The van der Waals surface area contributed by atoms with E-state index in [-0.39, 0.29) is 6.10 Å². The number of hydrogen-bond acceptors (Lipinski definition) is 5. The first-order valence-corrected chi connectivity index (χ1v) is 7.91. The van der Waals surface area contributed by atoms with Crippen LogP contribution in [0, 0.1) is 11.3 Å². The summed E-state index contributed by atoms with van der Waals surface area (Å²) < 4.78 is 6.03. The number of carbonyl (C=O) groups excluding carboxylic acids is 1. The van der Waals surface area contributed by atoms with E-state index in [1.165, 1.54) is 0 Å². The van der Waals surface area contributed by atoms with Crippen molar-refractivity contribution in [1.29, 1.82) is 5.26 Å². The molecule has 7 heteroatoms. The van der Waals surface area contributed by atoms with E-state index in [0.717, 1.165) is 30.8 Å². The lowest BCUT2D eigenvalue weighted by Gasteiger charge is -2.29. The molecule has 2 heterocycles. The molecule has 0 aromatic heterocycles. The lowest BCUT2D eigenvalue weighted by Crippen LogP contribution is -2.36. The van der Waals surface area contributed by atoms with Gasteiger partial charge in [0.15, 0.2) is 0 Å². The van der Waals surface area contributed by atoms with E-state index < -0.39 is 24.5 Å². The van der Waals surface area contributed by atoms with Crippen LogP contribution in [0.1, 0.15) is 34.8 Å². The number of aliphatic carboxylic acids is 1. The fourth-order valence-electron chi connectivity index (χ4n) is 3.26. The number of piperidine rings is 1. The second-order valence-corrected chi connectivity index (χ2v) is 6.20. The van der Waals surface area contributed by atoms with E-state index in [4.69, 9.17) is 9.84 Å². The number of fused-ring (bicyclic) bond motifs is 1. The Labute approximate surface area is 140 Å². The van der Waals surface area contributed by atoms with E-state index in [2.05, 4.69) is 11.9 Å². The first-order valence-electron chi connectivity index (χ1n) is 7.91. The molecule has 0 spiro atoms. The number of carboxylic acid groups (broad SMARTS) is 1. The molecular weight excluding hydrogens is 310 g/mol. The summed E-state index contributed by atoms with van der Waals surface area (Å²) in [6.45, 7) is 1.36. The number of nitriles is 1. The SMILES string of the molecule is CN1CCC(Oc2cccc3c2C(=O)N(CC(=O)O)C3C#N)CC1. The molecule has 0 saturated carbocycles. The van der Waals surface area contributed by atoms with Gasteiger partial charge in [-0.15, -0.1) is 0 Å². The van der Waals surface area contributed by atoms with Crippen LogP contribution in [0.3, 0.4) is 0 Å². The summed E-state index contributed by atoms with van der Waals surface area (Å²) in [6, 6.07) is 6.28. The van der Waals surface area contributed by atoms with Crippen LogP contribution in [0.5, 0.6) is 5.75 Å². The van der Waals surface area contributed by atoms with Crippen molar-refractivity contribution < 1.29 is 19.4 Å². The van der Waals surface area contributed by atoms with Crippen LogP contribution < -0.4 is 4.74 Å². The molecule has 2 aliphatic heterocycles. The maximum Gasteiger partial charge on any atom is 0.323 e. The van der Waals surface area contributed by atoms with Crippen LogP contribution in [0.2, 0.25) is 0 Å². The Balaban J connectivity index is 1.88. The topological polar surface area (TPSA) is 93.9 Å². The predicted octanol–water partition coefficient (Wildman–Crippen LogP) is 1.26. The summed E-state index contributed by atoms with van der Waals surface area (Å²) in [5.41, 5.74) is 0.846. The van der Waals surface area contributed by atoms with Crippen LogP contribution in [0.25, 0.3) is 0 Å². The smallest absolute Gasteiger partial charge is 0.323 e. The van der Waals surface area contributed by atoms with Crippen molar-refractivity contribution in [2.45, 2.75) is 25.0 Å². The number of ether oxygens (including phenoxy) is 1. The zero-order valence-corrected chi connectivity index (χ0v) is 13.4. The second-order valence-electron chi connectivity index (χ2n) is 6.20. The van der Waals surface area contributed by atoms with Gasteiger partial charge >= 0.3 is 5.97 Å². The van der Waals surface area contributed by atoms with Crippen molar-refractivity contribution in [3.63, 3.8) is 0 Å². The zero-order chi connectivity index (χ0) is 17.3. The van der Waals surface area contributed by atoms with Gasteiger partial charge in [0, 0.05) is 18.7 Å². The summed E-state index contributed by atoms with van der Waals surface area (Å²) in [5, 5.41) is 18.4. The minimum absolute atomic E-state index is 0.0227. The molecule has 1 fully saturated rings. The third-order valence-corrected chi connectivity index (χ3v) is 4.53. The molecule has 0 aliphatic carbocycles. The molecule has 7 nitrogen and oxygen atoms in total. The quantitative estimate of drug-likeness (QED) is 0.894. The predicted molar refractivity (Wildman–Crippen MR) is 84.6 cm³/mol. The van der Waals surface area contributed by atoms with Crippen molar-refractivity contribution in [2.24, 2.45) is 0 Å². The molecule has 0 radical (unpaired) electrons. The summed E-state index contributed by atoms with van der Waals surface area (Å²) in [7, 11) is 2.06. The number of carboxylic acids is 1. The molecule has 1 aromatic rings. The van der Waals surface area contributed by atoms with Gasteiger partial charge in [-0.3, -0.25) is 9.59 Å². The van der Waals surface area contributed by atoms with Gasteiger partial charge in [-0.2, -0.15) is 5.26 Å². The van der Waals surface area contributed by atoms with Crippen molar-refractivity contribution >= 4 is 11.9 Å². The Bertz CT molecular complexity index is 704. The van der Waals surface area contributed by atoms with Crippen LogP contribution >= 0.6 is 0 Å². The maximum absolute atomic E-state index is 12.6. The lowest BCUT2D eigenvalue weighted by atomic mass is 10.0. The number of rotatable bonds is 4. The highest BCUT2D eigenvalue weighted by molar-refractivity contribution is 6.03. The van der Waals surface area contributed by atoms with Gasteiger partial charge in [-0.1, -0.05) is 12.1 Å². The summed E-state index contributed by atoms with van der Waals surface area (Å²) >= 11 is 0. The molecule has 1 amide bonds. The van der Waals surface area contributed by atoms with Crippen molar-refractivity contribution in [1.82, 2.24) is 9.80 Å². The fraction of sp³-hybridized carbons (Fsp3) is 0.471. The Morgan fingerprint density at radius 1 is 1.42 bits per heavy atom. The van der Waals surface area contributed by atoms with Crippen molar-refractivity contribution in [3.8, 4) is 11.8 Å². The van der Waals surface area contributed by atoms with E-state index in [0.29, 0.717) is 16.9 Å². The first-order chi connectivity index (χ1) is 11.5. The zero-order valence-electron chi connectivity index (χ0n) is 13.4. The van der Waals surface area contributed by atoms with Crippen molar-refractivity contribution in [2.75, 3.05) is 26.7 Å². The summed E-state index contributed by atoms with van der Waals surface area (Å²) in [6.07, 6.45) is 1.76. The van der Waals surface area contributed by atoms with E-state index in [1.807, 2.05) is 6.07 Å². The molecule has 1 aromatic carbocycles. The monoisotopic (exact) mass is 329 g/mol. The number of carbonyl (C=O) groups is 2. The molecule has 24 heavy (non-hydrogen) atoms. The van der Waals surface area contributed by atoms with Crippen LogP contribution in [-0.4, -0.2) is 59.6 Å². The van der Waals surface area contributed by atoms with Gasteiger partial charge in [0.1, 0.15) is 24.4 Å². The molecule has 1 unspecified atom stereocenters. The first kappa shape index (κ1) is 16.3. The van der Waals surface area contributed by atoms with Crippen LogP contribution in [0.15, 0.2) is 18.2 Å². The minimum Gasteiger partial charge on any atom is -0.489 e. The minimum atomic E-state index is -1.14. The Morgan fingerprint density at radius 3 is 2.75 bits per heavy atom. The Hall–Kier alpha value is -2.59. The average molecular weight is 329 g/mol. The number of amides is 1. The molecule has 2 aliphatic rings. The highest BCUT2D eigenvalue weighted by atomic mass is 16.5. The third kappa shape index (κ3) is 2.93. The lowest BCUT2D eigenvalue weighted by molar-refractivity contribution is -0.137. The molecule has 126 valence electrons. The highest BCUT2D eigenvalue weighted by Crippen LogP contribution is 2.38. The molecule has 1 saturated heterocycles. The molecule has 1 N–H and O–H groups in total. The molecule has 0 bridgehead atoms. The number of nitrogens with zero attached hydrogens (tertiary/aromatic N) is 3. The van der Waals surface area contributed by atoms with E-state index in [9.17, 15) is 14.9 Å². The normalized spacial score (nSPS) is 21.4. The second kappa shape index (κ2) is 6.49. The summed E-state index contributed by atoms with van der Waals surface area (Å²) in [4.78, 5) is 26.9. The van der Waals surface area contributed by atoms with Crippen LogP contribution in [0.4, 0.5) is 0 Å². The average Bonchev–Trinajstić information content (AvgIpc) is 2.82. The Kier molecular flexibility index (Phi) is 4.40. The van der Waals surface area contributed by atoms with Gasteiger partial charge in [0.05, 0.1) is 11.6 Å². The maximum atomic E-state index is 12.6. The van der Waals surface area contributed by atoms with Gasteiger partial charge in [-0.05, 0) is 26.0 Å². The molecule has 3 rings (SSSR count). The van der Waals surface area contributed by atoms with E-state index in [1.54, 1.807) is 18.2 Å². The molecular formula is C17H19N3O4. The van der Waals surface area contributed by atoms with Gasteiger partial charge in [0.2, 0.25) is 0 Å². The number of hydrogen-bond donors (Lipinski definition) is 1. The van der Waals surface area contributed by atoms with Gasteiger partial charge in [0.25, 0.3) is 5.91 Å². The van der Waals surface area contributed by atoms with Crippen molar-refractivity contribution in [3.05, 3.63) is 29.3 Å². The highest BCUT2D eigenvalue weighted by Gasteiger charge is 2.40. The fourth-order valence-corrected chi connectivity index (χ4v) is 3.26. The number of likely N-dealkylation sites (tertiary alicyclic amines) is 1. The number of benzene rings is 1. The summed E-state index contributed by atoms with van der Waals surface area (Å²) in [5.74, 6) is -1.16. The third-order valence-electron chi connectivity index (χ3n) is 4.53. The standard InChI is InChI=1S/C17H19N3O4/c1-19-7-5-11(6-8-19)24-14-4-2-3-12-13(9-18)20(10-15(21)22)17(23)16(12)14/h2-4,11,13H,5-8,10H2,1H3,(H,21,22). The largest absolute Gasteiger partial charge is 0.489 e. The van der Waals surface area contributed by atoms with Gasteiger partial charge in [-0.25, -0.2) is 0 Å². The Morgan fingerprint density at radius 2 is 2.12 bits per heavy atom. The van der Waals surface area contributed by atoms with E-state index >= 15 is 0 Å². The van der Waals surface area contributed by atoms with Crippen LogP contribution in [-0.2, 0) is 4.79 Å². The van der Waals surface area contributed by atoms with Gasteiger partial charge < -0.3 is 19.6 Å².